The second-order valence-corrected chi connectivity index (χ2v) is 8.31. The molecular formula is C27H31N5O4. The minimum Gasteiger partial charge on any atom is -0.497 e. The van der Waals surface area contributed by atoms with Crippen molar-refractivity contribution in [1.29, 1.82) is 0 Å². The first-order valence-electron chi connectivity index (χ1n) is 11.7. The first-order valence-corrected chi connectivity index (χ1v) is 11.7. The van der Waals surface area contributed by atoms with Crippen LogP contribution < -0.4 is 24.4 Å². The van der Waals surface area contributed by atoms with Crippen LogP contribution in [-0.4, -0.2) is 68.3 Å². The largest absolute Gasteiger partial charge is 0.497 e. The molecule has 0 aliphatic carbocycles. The van der Waals surface area contributed by atoms with Gasteiger partial charge in [-0.3, -0.25) is 4.79 Å². The molecular weight excluding hydrogens is 458 g/mol. The summed E-state index contributed by atoms with van der Waals surface area (Å²) in [5.74, 6) is 3.41. The van der Waals surface area contributed by atoms with Crippen LogP contribution in [0.5, 0.6) is 17.2 Å². The fraction of sp³-hybridized carbons (Fsp3) is 0.296. The highest BCUT2D eigenvalue weighted by atomic mass is 16.5. The molecule has 2 aromatic carbocycles. The quantitative estimate of drug-likeness (QED) is 0.477. The van der Waals surface area contributed by atoms with Crippen molar-refractivity contribution in [3.8, 4) is 17.2 Å². The smallest absolute Gasteiger partial charge is 0.246 e. The summed E-state index contributed by atoms with van der Waals surface area (Å²) in [6.07, 6.45) is 3.38. The minimum atomic E-state index is -0.0311. The number of nitrogens with one attached hydrogen (secondary N) is 1. The van der Waals surface area contributed by atoms with Crippen LogP contribution >= 0.6 is 0 Å². The maximum absolute atomic E-state index is 12.8. The third-order valence-corrected chi connectivity index (χ3v) is 5.90. The fourth-order valence-electron chi connectivity index (χ4n) is 3.94. The molecule has 0 radical (unpaired) electrons. The SMILES string of the molecule is COc1ccc(Nc2cc(C)nc(N3CCN(C(=O)/C=C/c4ccc(OC)c(OC)c4)CC3)n2)cc1. The van der Waals surface area contributed by atoms with E-state index in [0.717, 1.165) is 28.5 Å². The average Bonchev–Trinajstić information content (AvgIpc) is 2.91. The van der Waals surface area contributed by atoms with Gasteiger partial charge in [-0.15, -0.1) is 0 Å². The number of aromatic nitrogens is 2. The summed E-state index contributed by atoms with van der Waals surface area (Å²) in [5, 5.41) is 3.33. The highest BCUT2D eigenvalue weighted by molar-refractivity contribution is 5.92. The van der Waals surface area contributed by atoms with Gasteiger partial charge in [-0.2, -0.15) is 4.98 Å². The number of carbonyl (C=O) groups excluding carboxylic acids is 1. The Bertz CT molecular complexity index is 1220. The summed E-state index contributed by atoms with van der Waals surface area (Å²) in [5.41, 5.74) is 2.65. The van der Waals surface area contributed by atoms with Crippen LogP contribution in [0, 0.1) is 6.92 Å². The number of aryl methyl sites for hydroxylation is 1. The van der Waals surface area contributed by atoms with Crippen LogP contribution in [0.4, 0.5) is 17.5 Å². The van der Waals surface area contributed by atoms with Gasteiger partial charge in [-0.25, -0.2) is 4.98 Å². The molecule has 1 amide bonds. The number of nitrogens with zero attached hydrogens (tertiary/aromatic N) is 4. The van der Waals surface area contributed by atoms with Crippen LogP contribution in [0.3, 0.4) is 0 Å². The first-order chi connectivity index (χ1) is 17.5. The maximum Gasteiger partial charge on any atom is 0.246 e. The Morgan fingerprint density at radius 3 is 2.28 bits per heavy atom. The summed E-state index contributed by atoms with van der Waals surface area (Å²) in [4.78, 5) is 26.0. The van der Waals surface area contributed by atoms with E-state index in [1.807, 2.05) is 60.4 Å². The number of amides is 1. The Morgan fingerprint density at radius 2 is 1.61 bits per heavy atom. The normalized spacial score (nSPS) is 13.6. The number of hydrogen-bond acceptors (Lipinski definition) is 8. The summed E-state index contributed by atoms with van der Waals surface area (Å²) in [6, 6.07) is 15.1. The average molecular weight is 490 g/mol. The molecule has 0 spiro atoms. The topological polar surface area (TPSA) is 89.1 Å². The van der Waals surface area contributed by atoms with Gasteiger partial charge in [-0.1, -0.05) is 6.07 Å². The first kappa shape index (κ1) is 24.8. The number of piperazine rings is 1. The van der Waals surface area contributed by atoms with Crippen LogP contribution in [0.1, 0.15) is 11.3 Å². The molecule has 4 rings (SSSR count). The molecule has 9 nitrogen and oxygen atoms in total. The van der Waals surface area contributed by atoms with Gasteiger partial charge in [0.15, 0.2) is 11.5 Å². The van der Waals surface area contributed by atoms with Gasteiger partial charge < -0.3 is 29.3 Å². The van der Waals surface area contributed by atoms with Crippen LogP contribution in [0.25, 0.3) is 6.08 Å². The standard InChI is InChI=1S/C27H31N5O4/c1-19-17-25(29-21-7-9-22(34-2)10-8-21)30-27(28-19)32-15-13-31(14-16-32)26(33)12-6-20-5-11-23(35-3)24(18-20)36-4/h5-12,17-18H,13-16H2,1-4H3,(H,28,29,30)/b12-6+. The predicted molar refractivity (Wildman–Crippen MR) is 140 cm³/mol. The zero-order valence-electron chi connectivity index (χ0n) is 21.0. The second-order valence-electron chi connectivity index (χ2n) is 8.31. The van der Waals surface area contributed by atoms with Crippen molar-refractivity contribution in [2.45, 2.75) is 6.92 Å². The van der Waals surface area contributed by atoms with Crippen LogP contribution in [0.15, 0.2) is 54.6 Å². The number of ether oxygens (including phenoxy) is 3. The van der Waals surface area contributed by atoms with Gasteiger partial charge in [0, 0.05) is 49.7 Å². The third-order valence-electron chi connectivity index (χ3n) is 5.90. The molecule has 36 heavy (non-hydrogen) atoms. The van der Waals surface area contributed by atoms with Crippen LogP contribution in [-0.2, 0) is 4.79 Å². The number of methoxy groups -OCH3 is 3. The second kappa shape index (κ2) is 11.4. The highest BCUT2D eigenvalue weighted by Gasteiger charge is 2.22. The lowest BCUT2D eigenvalue weighted by molar-refractivity contribution is -0.126. The molecule has 0 unspecified atom stereocenters. The molecule has 1 N–H and O–H groups in total. The van der Waals surface area contributed by atoms with Crippen molar-refractivity contribution in [2.75, 3.05) is 57.7 Å². The highest BCUT2D eigenvalue weighted by Crippen LogP contribution is 2.28. The zero-order valence-corrected chi connectivity index (χ0v) is 21.0. The molecule has 0 bridgehead atoms. The molecule has 9 heteroatoms. The van der Waals surface area contributed by atoms with Crippen molar-refractivity contribution < 1.29 is 19.0 Å². The van der Waals surface area contributed by atoms with Gasteiger partial charge in [-0.05, 0) is 55.0 Å². The van der Waals surface area contributed by atoms with E-state index in [-0.39, 0.29) is 5.91 Å². The van der Waals surface area contributed by atoms with E-state index in [4.69, 9.17) is 19.2 Å². The van der Waals surface area contributed by atoms with E-state index in [1.54, 1.807) is 33.5 Å². The van der Waals surface area contributed by atoms with E-state index >= 15 is 0 Å². The number of rotatable bonds is 8. The Morgan fingerprint density at radius 1 is 0.889 bits per heavy atom. The van der Waals surface area contributed by atoms with Gasteiger partial charge in [0.05, 0.1) is 21.3 Å². The van der Waals surface area contributed by atoms with E-state index in [0.29, 0.717) is 43.6 Å². The number of carbonyl (C=O) groups is 1. The van der Waals surface area contributed by atoms with Gasteiger partial charge in [0.2, 0.25) is 11.9 Å². The monoisotopic (exact) mass is 489 g/mol. The summed E-state index contributed by atoms with van der Waals surface area (Å²) >= 11 is 0. The molecule has 0 saturated carbocycles. The predicted octanol–water partition coefficient (Wildman–Crippen LogP) is 3.92. The molecule has 1 aromatic heterocycles. The lowest BCUT2D eigenvalue weighted by Gasteiger charge is -2.34. The van der Waals surface area contributed by atoms with Crippen molar-refractivity contribution in [1.82, 2.24) is 14.9 Å². The molecule has 1 fully saturated rings. The molecule has 1 aliphatic heterocycles. The molecule has 2 heterocycles. The lowest BCUT2D eigenvalue weighted by Crippen LogP contribution is -2.48. The van der Waals surface area contributed by atoms with Crippen molar-refractivity contribution in [3.63, 3.8) is 0 Å². The zero-order chi connectivity index (χ0) is 25.5. The number of hydrogen-bond donors (Lipinski definition) is 1. The Kier molecular flexibility index (Phi) is 7.89. The van der Waals surface area contributed by atoms with E-state index in [9.17, 15) is 4.79 Å². The van der Waals surface area contributed by atoms with E-state index in [2.05, 4.69) is 15.2 Å². The minimum absolute atomic E-state index is 0.0311. The van der Waals surface area contributed by atoms with Gasteiger partial charge >= 0.3 is 0 Å². The van der Waals surface area contributed by atoms with E-state index in [1.165, 1.54) is 0 Å². The van der Waals surface area contributed by atoms with E-state index < -0.39 is 0 Å². The van der Waals surface area contributed by atoms with Crippen molar-refractivity contribution in [2.24, 2.45) is 0 Å². The summed E-state index contributed by atoms with van der Waals surface area (Å²) in [6.45, 7) is 4.44. The van der Waals surface area contributed by atoms with Gasteiger partial charge in [0.25, 0.3) is 0 Å². The number of benzene rings is 2. The summed E-state index contributed by atoms with van der Waals surface area (Å²) < 4.78 is 15.8. The maximum atomic E-state index is 12.8. The molecule has 1 aliphatic rings. The molecule has 1 saturated heterocycles. The third kappa shape index (κ3) is 6.04. The molecule has 3 aromatic rings. The fourth-order valence-corrected chi connectivity index (χ4v) is 3.94. The molecule has 0 atom stereocenters. The Labute approximate surface area is 211 Å². The lowest BCUT2D eigenvalue weighted by atomic mass is 10.2. The van der Waals surface area contributed by atoms with Crippen LogP contribution in [0.2, 0.25) is 0 Å². The Balaban J connectivity index is 1.36. The van der Waals surface area contributed by atoms with Crippen molar-refractivity contribution >= 4 is 29.4 Å². The molecule has 188 valence electrons. The Hall–Kier alpha value is -4.27. The van der Waals surface area contributed by atoms with Crippen molar-refractivity contribution in [3.05, 3.63) is 65.9 Å². The summed E-state index contributed by atoms with van der Waals surface area (Å²) in [7, 11) is 4.83. The number of anilines is 3. The van der Waals surface area contributed by atoms with Gasteiger partial charge in [0.1, 0.15) is 11.6 Å².